The van der Waals surface area contributed by atoms with Gasteiger partial charge in [0.1, 0.15) is 0 Å². The molecule has 4 heteroatoms. The fourth-order valence-corrected chi connectivity index (χ4v) is 4.41. The molecule has 0 saturated heterocycles. The molecular weight excluding hydrogens is 206 g/mol. The molecule has 0 radical (unpaired) electrons. The summed E-state index contributed by atoms with van der Waals surface area (Å²) in [5, 5.41) is 6.89. The number of carbonyl (C=O) groups excluding carboxylic acids is 1. The van der Waals surface area contributed by atoms with E-state index in [1.165, 1.54) is 19.3 Å². The zero-order valence-electron chi connectivity index (χ0n) is 9.39. The van der Waals surface area contributed by atoms with Crippen LogP contribution in [0.4, 0.5) is 0 Å². The van der Waals surface area contributed by atoms with E-state index in [0.29, 0.717) is 0 Å². The van der Waals surface area contributed by atoms with Crippen molar-refractivity contribution in [3.63, 3.8) is 0 Å². The molecule has 0 spiro atoms. The summed E-state index contributed by atoms with van der Waals surface area (Å²) < 4.78 is 0. The van der Waals surface area contributed by atoms with E-state index in [9.17, 15) is 4.79 Å². The molecule has 3 N–H and O–H groups in total. The molecule has 4 rings (SSSR count). The minimum Gasteiger partial charge on any atom is -0.483 e. The highest BCUT2D eigenvalue weighted by atomic mass is 16.3. The Bertz CT molecular complexity index is 265. The third-order valence-electron chi connectivity index (χ3n) is 4.56. The van der Waals surface area contributed by atoms with Crippen molar-refractivity contribution < 1.29 is 14.7 Å². The van der Waals surface area contributed by atoms with Crippen molar-refractivity contribution in [3.8, 4) is 0 Å². The molecule has 0 aliphatic heterocycles. The molecule has 0 heterocycles. The average molecular weight is 225 g/mol. The second-order valence-corrected chi connectivity index (χ2v) is 5.67. The molecule has 0 aromatic heterocycles. The summed E-state index contributed by atoms with van der Waals surface area (Å²) in [6.07, 6.45) is 7.46. The van der Waals surface area contributed by atoms with E-state index in [0.717, 1.165) is 37.0 Å². The first-order valence-corrected chi connectivity index (χ1v) is 5.97. The lowest BCUT2D eigenvalue weighted by Gasteiger charge is -2.55. The monoisotopic (exact) mass is 225 g/mol. The van der Waals surface area contributed by atoms with Gasteiger partial charge in [0.15, 0.2) is 0 Å². The second-order valence-electron chi connectivity index (χ2n) is 5.67. The number of hydrogen-bond donors (Lipinski definition) is 2. The van der Waals surface area contributed by atoms with Crippen molar-refractivity contribution in [2.24, 2.45) is 28.9 Å². The number of carbonyl (C=O) groups is 2. The normalized spacial score (nSPS) is 43.4. The Labute approximate surface area is 95.2 Å². The van der Waals surface area contributed by atoms with Crippen LogP contribution in [0.3, 0.4) is 0 Å². The SMILES string of the molecule is NC(=O)C12CC3CC(CC(C3)C1)C2.O=CO. The van der Waals surface area contributed by atoms with Crippen LogP contribution in [-0.2, 0) is 9.59 Å². The van der Waals surface area contributed by atoms with E-state index in [4.69, 9.17) is 15.6 Å². The highest BCUT2D eigenvalue weighted by Crippen LogP contribution is 2.59. The number of carboxylic acid groups (broad SMARTS) is 1. The van der Waals surface area contributed by atoms with Gasteiger partial charge < -0.3 is 10.8 Å². The van der Waals surface area contributed by atoms with E-state index >= 15 is 0 Å². The first kappa shape index (κ1) is 11.4. The summed E-state index contributed by atoms with van der Waals surface area (Å²) in [6.45, 7) is -0.250. The maximum atomic E-state index is 11.5. The Morgan fingerprint density at radius 3 is 1.69 bits per heavy atom. The Morgan fingerprint density at radius 2 is 1.44 bits per heavy atom. The van der Waals surface area contributed by atoms with Gasteiger partial charge in [-0.1, -0.05) is 0 Å². The molecular formula is C12H19NO3. The zero-order chi connectivity index (χ0) is 11.8. The number of rotatable bonds is 1. The van der Waals surface area contributed by atoms with Gasteiger partial charge in [-0.2, -0.15) is 0 Å². The Kier molecular flexibility index (Phi) is 2.91. The molecule has 4 aliphatic carbocycles. The Hall–Kier alpha value is -1.06. The smallest absolute Gasteiger partial charge is 0.290 e. The van der Waals surface area contributed by atoms with Gasteiger partial charge in [-0.25, -0.2) is 0 Å². The maximum absolute atomic E-state index is 11.5. The fourth-order valence-electron chi connectivity index (χ4n) is 4.41. The predicted octanol–water partition coefficient (Wildman–Crippen LogP) is 1.39. The van der Waals surface area contributed by atoms with Crippen LogP contribution in [0.2, 0.25) is 0 Å². The Balaban J connectivity index is 0.000000292. The zero-order valence-corrected chi connectivity index (χ0v) is 9.39. The van der Waals surface area contributed by atoms with Crippen LogP contribution in [-0.4, -0.2) is 17.5 Å². The first-order valence-electron chi connectivity index (χ1n) is 5.97. The van der Waals surface area contributed by atoms with Crippen LogP contribution in [0.1, 0.15) is 38.5 Å². The van der Waals surface area contributed by atoms with Crippen molar-refractivity contribution in [3.05, 3.63) is 0 Å². The van der Waals surface area contributed by atoms with Crippen LogP contribution in [0.5, 0.6) is 0 Å². The molecule has 4 nitrogen and oxygen atoms in total. The van der Waals surface area contributed by atoms with Crippen molar-refractivity contribution in [1.29, 1.82) is 0 Å². The molecule has 0 atom stereocenters. The fraction of sp³-hybridized carbons (Fsp3) is 0.833. The second kappa shape index (κ2) is 4.07. The van der Waals surface area contributed by atoms with Crippen molar-refractivity contribution in [1.82, 2.24) is 0 Å². The van der Waals surface area contributed by atoms with Crippen LogP contribution < -0.4 is 5.73 Å². The number of hydrogen-bond acceptors (Lipinski definition) is 2. The van der Waals surface area contributed by atoms with Crippen LogP contribution >= 0.6 is 0 Å². The minimum absolute atomic E-state index is 0.00778. The Morgan fingerprint density at radius 1 is 1.12 bits per heavy atom. The third-order valence-corrected chi connectivity index (χ3v) is 4.56. The van der Waals surface area contributed by atoms with Gasteiger partial charge in [0.25, 0.3) is 6.47 Å². The third kappa shape index (κ3) is 1.81. The predicted molar refractivity (Wildman–Crippen MR) is 58.5 cm³/mol. The van der Waals surface area contributed by atoms with Crippen molar-refractivity contribution in [2.75, 3.05) is 0 Å². The molecule has 90 valence electrons. The summed E-state index contributed by atoms with van der Waals surface area (Å²) in [6, 6.07) is 0. The molecule has 0 aromatic carbocycles. The number of amides is 1. The van der Waals surface area contributed by atoms with Crippen molar-refractivity contribution in [2.45, 2.75) is 38.5 Å². The van der Waals surface area contributed by atoms with Gasteiger partial charge in [0, 0.05) is 5.41 Å². The summed E-state index contributed by atoms with van der Waals surface area (Å²) >= 11 is 0. The molecule has 0 aromatic rings. The van der Waals surface area contributed by atoms with Gasteiger partial charge >= 0.3 is 0 Å². The number of nitrogens with two attached hydrogens (primary N) is 1. The first-order chi connectivity index (χ1) is 7.59. The molecule has 4 saturated carbocycles. The summed E-state index contributed by atoms with van der Waals surface area (Å²) in [4.78, 5) is 19.8. The molecule has 16 heavy (non-hydrogen) atoms. The summed E-state index contributed by atoms with van der Waals surface area (Å²) in [5.74, 6) is 2.49. The standard InChI is InChI=1S/C11H17NO.CH2O2/c12-10(13)11-4-7-1-8(5-11)3-9(2-7)6-11;2-1-3/h7-9H,1-6H2,(H2,12,13);1H,(H,2,3). The lowest BCUT2D eigenvalue weighted by molar-refractivity contribution is -0.142. The van der Waals surface area contributed by atoms with Crippen LogP contribution in [0.15, 0.2) is 0 Å². The highest BCUT2D eigenvalue weighted by Gasteiger charge is 2.53. The molecule has 4 fully saturated rings. The van der Waals surface area contributed by atoms with Crippen molar-refractivity contribution >= 4 is 12.4 Å². The van der Waals surface area contributed by atoms with Crippen LogP contribution in [0.25, 0.3) is 0 Å². The van der Waals surface area contributed by atoms with Gasteiger partial charge in [0.2, 0.25) is 5.91 Å². The van der Waals surface area contributed by atoms with Crippen LogP contribution in [0, 0.1) is 23.2 Å². The van der Waals surface area contributed by atoms with Gasteiger partial charge in [-0.05, 0) is 56.3 Å². The molecule has 4 aliphatic rings. The van der Waals surface area contributed by atoms with Gasteiger partial charge in [-0.15, -0.1) is 0 Å². The minimum atomic E-state index is -0.250. The molecule has 1 amide bonds. The number of primary amides is 1. The van der Waals surface area contributed by atoms with Gasteiger partial charge in [0.05, 0.1) is 0 Å². The molecule has 0 unspecified atom stereocenters. The van der Waals surface area contributed by atoms with Gasteiger partial charge in [-0.3, -0.25) is 9.59 Å². The van der Waals surface area contributed by atoms with E-state index in [1.54, 1.807) is 0 Å². The van der Waals surface area contributed by atoms with E-state index in [-0.39, 0.29) is 17.8 Å². The molecule has 4 bridgehead atoms. The quantitative estimate of drug-likeness (QED) is 0.662. The maximum Gasteiger partial charge on any atom is 0.290 e. The summed E-state index contributed by atoms with van der Waals surface area (Å²) in [7, 11) is 0. The van der Waals surface area contributed by atoms with E-state index in [1.807, 2.05) is 0 Å². The lowest BCUT2D eigenvalue weighted by atomic mass is 9.49. The summed E-state index contributed by atoms with van der Waals surface area (Å²) in [5.41, 5.74) is 5.49. The average Bonchev–Trinajstić information content (AvgIpc) is 2.16. The lowest BCUT2D eigenvalue weighted by Crippen LogP contribution is -2.52. The highest BCUT2D eigenvalue weighted by molar-refractivity contribution is 5.81. The largest absolute Gasteiger partial charge is 0.483 e. The van der Waals surface area contributed by atoms with E-state index in [2.05, 4.69) is 0 Å². The van der Waals surface area contributed by atoms with E-state index < -0.39 is 0 Å². The topological polar surface area (TPSA) is 80.4 Å².